The molecular formula is C40H59N7O3. The van der Waals surface area contributed by atoms with Gasteiger partial charge in [0, 0.05) is 63.3 Å². The highest BCUT2D eigenvalue weighted by Crippen LogP contribution is 2.37. The quantitative estimate of drug-likeness (QED) is 0.340. The third kappa shape index (κ3) is 7.73. The van der Waals surface area contributed by atoms with E-state index in [2.05, 4.69) is 102 Å². The van der Waals surface area contributed by atoms with Crippen molar-refractivity contribution < 1.29 is 14.3 Å². The standard InChI is InChI=1S/C40H59N7O3/c1-40(2,3)31-23-30(27-45-17-14-32(15-18-45)42(4)5)37(50-8)33(25-31)41-38(48)35-24-28-11-9-12-29(36(28)44(35)7)26-46-19-21-47(22-20-46)39(49)34-13-10-16-43(34)6/h9,11-12,23-25,32,34H,10,13-22,26-27H2,1-8H3,(H,41,48)/t34-/m0/s1. The number of methoxy groups -OCH3 is 1. The molecule has 2 aromatic carbocycles. The zero-order chi connectivity index (χ0) is 35.7. The first-order valence-electron chi connectivity index (χ1n) is 18.5. The minimum atomic E-state index is -0.152. The Morgan fingerprint density at radius 1 is 0.880 bits per heavy atom. The summed E-state index contributed by atoms with van der Waals surface area (Å²) in [4.78, 5) is 38.8. The molecule has 1 aromatic heterocycles. The first-order valence-corrected chi connectivity index (χ1v) is 18.5. The highest BCUT2D eigenvalue weighted by Gasteiger charge is 2.33. The molecule has 10 heteroatoms. The fourth-order valence-electron chi connectivity index (χ4n) is 8.24. The number of ether oxygens (including phenoxy) is 1. The van der Waals surface area contributed by atoms with Crippen LogP contribution in [0.1, 0.15) is 73.6 Å². The van der Waals surface area contributed by atoms with Gasteiger partial charge in [0.05, 0.1) is 24.4 Å². The van der Waals surface area contributed by atoms with E-state index >= 15 is 0 Å². The summed E-state index contributed by atoms with van der Waals surface area (Å²) < 4.78 is 8.08. The third-order valence-corrected chi connectivity index (χ3v) is 11.4. The molecule has 2 amide bonds. The Balaban J connectivity index is 1.19. The van der Waals surface area contributed by atoms with Gasteiger partial charge in [-0.3, -0.25) is 24.3 Å². The summed E-state index contributed by atoms with van der Waals surface area (Å²) in [5.41, 5.74) is 5.76. The van der Waals surface area contributed by atoms with Gasteiger partial charge in [-0.1, -0.05) is 45.0 Å². The predicted molar refractivity (Wildman–Crippen MR) is 202 cm³/mol. The molecule has 3 fully saturated rings. The molecule has 3 aromatic rings. The van der Waals surface area contributed by atoms with Gasteiger partial charge >= 0.3 is 0 Å². The zero-order valence-corrected chi connectivity index (χ0v) is 31.7. The van der Waals surface area contributed by atoms with E-state index in [0.29, 0.717) is 17.4 Å². The normalized spacial score (nSPS) is 20.3. The van der Waals surface area contributed by atoms with E-state index < -0.39 is 0 Å². The molecule has 0 spiro atoms. The van der Waals surface area contributed by atoms with Crippen molar-refractivity contribution in [1.82, 2.24) is 29.1 Å². The number of nitrogens with zero attached hydrogens (tertiary/aromatic N) is 6. The topological polar surface area (TPSA) is 76.5 Å². The number of amides is 2. The average Bonchev–Trinajstić information content (AvgIpc) is 3.67. The van der Waals surface area contributed by atoms with Crippen LogP contribution in [0.25, 0.3) is 10.9 Å². The van der Waals surface area contributed by atoms with Crippen LogP contribution in [0.4, 0.5) is 5.69 Å². The molecule has 0 saturated carbocycles. The summed E-state index contributed by atoms with van der Waals surface area (Å²) in [6.45, 7) is 14.5. The van der Waals surface area contributed by atoms with Crippen molar-refractivity contribution in [1.29, 1.82) is 0 Å². The Kier molecular flexibility index (Phi) is 10.9. The Bertz CT molecular complexity index is 1680. The number of benzene rings is 2. The lowest BCUT2D eigenvalue weighted by molar-refractivity contribution is -0.137. The van der Waals surface area contributed by atoms with Gasteiger partial charge in [0.25, 0.3) is 5.91 Å². The summed E-state index contributed by atoms with van der Waals surface area (Å²) in [6, 6.07) is 13.3. The molecule has 1 atom stereocenters. The SMILES string of the molecule is COc1c(CN2CCC(N(C)C)CC2)cc(C(C)(C)C)cc1NC(=O)c1cc2cccc(CN3CCN(C(=O)[C@@H]4CCCN4C)CC3)c2n1C. The number of carbonyl (C=O) groups is 2. The number of aryl methyl sites for hydroxylation is 1. The Labute approximate surface area is 299 Å². The molecule has 4 heterocycles. The molecule has 0 radical (unpaired) electrons. The zero-order valence-electron chi connectivity index (χ0n) is 31.7. The number of anilines is 1. The van der Waals surface area contributed by atoms with Gasteiger partial charge in [0.2, 0.25) is 5.91 Å². The fraction of sp³-hybridized carbons (Fsp3) is 0.600. The summed E-state index contributed by atoms with van der Waals surface area (Å²) in [5, 5.41) is 4.32. The van der Waals surface area contributed by atoms with E-state index in [1.165, 1.54) is 11.1 Å². The van der Waals surface area contributed by atoms with Crippen molar-refractivity contribution in [2.45, 2.75) is 77.0 Å². The van der Waals surface area contributed by atoms with Crippen molar-refractivity contribution in [2.24, 2.45) is 7.05 Å². The third-order valence-electron chi connectivity index (χ3n) is 11.4. The molecule has 0 bridgehead atoms. The molecule has 1 N–H and O–H groups in total. The number of piperazine rings is 1. The van der Waals surface area contributed by atoms with E-state index in [9.17, 15) is 9.59 Å². The monoisotopic (exact) mass is 685 g/mol. The van der Waals surface area contributed by atoms with Crippen LogP contribution < -0.4 is 10.1 Å². The maximum Gasteiger partial charge on any atom is 0.272 e. The minimum absolute atomic E-state index is 0.0385. The summed E-state index contributed by atoms with van der Waals surface area (Å²) in [6.07, 6.45) is 4.36. The lowest BCUT2D eigenvalue weighted by Gasteiger charge is -2.37. The maximum atomic E-state index is 14.1. The molecule has 6 rings (SSSR count). The Hall–Kier alpha value is -3.44. The summed E-state index contributed by atoms with van der Waals surface area (Å²) in [5.74, 6) is 0.866. The second-order valence-electron chi connectivity index (χ2n) is 16.1. The number of para-hydroxylation sites is 1. The molecular weight excluding hydrogens is 626 g/mol. The van der Waals surface area contributed by atoms with Crippen LogP contribution in [-0.4, -0.2) is 127 Å². The van der Waals surface area contributed by atoms with Crippen molar-refractivity contribution in [2.75, 3.05) is 79.4 Å². The predicted octanol–water partition coefficient (Wildman–Crippen LogP) is 5.00. The maximum absolute atomic E-state index is 14.1. The van der Waals surface area contributed by atoms with Gasteiger partial charge in [-0.2, -0.15) is 0 Å². The second kappa shape index (κ2) is 15.0. The molecule has 3 aliphatic heterocycles. The van der Waals surface area contributed by atoms with E-state index in [0.717, 1.165) is 107 Å². The van der Waals surface area contributed by atoms with Gasteiger partial charge in [0.15, 0.2) is 0 Å². The molecule has 50 heavy (non-hydrogen) atoms. The summed E-state index contributed by atoms with van der Waals surface area (Å²) in [7, 11) is 10.1. The number of nitrogens with one attached hydrogen (secondary N) is 1. The van der Waals surface area contributed by atoms with E-state index in [1.54, 1.807) is 7.11 Å². The average molecular weight is 686 g/mol. The van der Waals surface area contributed by atoms with Crippen LogP contribution in [0.15, 0.2) is 36.4 Å². The molecule has 3 saturated heterocycles. The van der Waals surface area contributed by atoms with Gasteiger partial charge in [-0.15, -0.1) is 0 Å². The van der Waals surface area contributed by atoms with Gasteiger partial charge in [-0.05, 0) is 95.1 Å². The van der Waals surface area contributed by atoms with Crippen LogP contribution in [0.3, 0.4) is 0 Å². The molecule has 0 aliphatic carbocycles. The molecule has 10 nitrogen and oxygen atoms in total. The van der Waals surface area contributed by atoms with Crippen LogP contribution in [0.2, 0.25) is 0 Å². The number of likely N-dealkylation sites (N-methyl/N-ethyl adjacent to an activating group) is 1. The number of rotatable bonds is 9. The number of fused-ring (bicyclic) bond motifs is 1. The van der Waals surface area contributed by atoms with Crippen molar-refractivity contribution >= 4 is 28.4 Å². The number of hydrogen-bond acceptors (Lipinski definition) is 7. The number of aromatic nitrogens is 1. The summed E-state index contributed by atoms with van der Waals surface area (Å²) >= 11 is 0. The molecule has 0 unspecified atom stereocenters. The number of piperidine rings is 1. The lowest BCUT2D eigenvalue weighted by Crippen LogP contribution is -2.52. The van der Waals surface area contributed by atoms with Gasteiger partial charge in [0.1, 0.15) is 11.4 Å². The van der Waals surface area contributed by atoms with Crippen LogP contribution >= 0.6 is 0 Å². The Morgan fingerprint density at radius 3 is 2.18 bits per heavy atom. The number of likely N-dealkylation sites (tertiary alicyclic amines) is 2. The fourth-order valence-corrected chi connectivity index (χ4v) is 8.24. The second-order valence-corrected chi connectivity index (χ2v) is 16.1. The molecule has 272 valence electrons. The van der Waals surface area contributed by atoms with Crippen molar-refractivity contribution in [3.63, 3.8) is 0 Å². The first kappa shape index (κ1) is 36.4. The van der Waals surface area contributed by atoms with E-state index in [1.807, 2.05) is 17.7 Å². The molecule has 3 aliphatic rings. The van der Waals surface area contributed by atoms with Gasteiger partial charge in [-0.25, -0.2) is 0 Å². The Morgan fingerprint density at radius 2 is 1.56 bits per heavy atom. The number of hydrogen-bond donors (Lipinski definition) is 1. The van der Waals surface area contributed by atoms with Crippen molar-refractivity contribution in [3.05, 3.63) is 58.8 Å². The van der Waals surface area contributed by atoms with Crippen molar-refractivity contribution in [3.8, 4) is 5.75 Å². The highest BCUT2D eigenvalue weighted by molar-refractivity contribution is 6.07. The largest absolute Gasteiger partial charge is 0.494 e. The van der Waals surface area contributed by atoms with E-state index in [-0.39, 0.29) is 23.3 Å². The van der Waals surface area contributed by atoms with E-state index in [4.69, 9.17) is 4.74 Å². The van der Waals surface area contributed by atoms with Crippen LogP contribution in [-0.2, 0) is 30.3 Å². The minimum Gasteiger partial charge on any atom is -0.494 e. The first-order chi connectivity index (χ1) is 23.8. The lowest BCUT2D eigenvalue weighted by atomic mass is 9.85. The van der Waals surface area contributed by atoms with Crippen LogP contribution in [0.5, 0.6) is 5.75 Å². The van der Waals surface area contributed by atoms with Gasteiger partial charge < -0.3 is 24.4 Å². The smallest absolute Gasteiger partial charge is 0.272 e. The van der Waals surface area contributed by atoms with Crippen LogP contribution in [0, 0.1) is 0 Å². The number of carbonyl (C=O) groups excluding carboxylic acids is 2. The highest BCUT2D eigenvalue weighted by atomic mass is 16.5.